The van der Waals surface area contributed by atoms with E-state index in [1.54, 1.807) is 25.1 Å². The average molecular weight is 249 g/mol. The Hall–Kier alpha value is -1.87. The highest BCUT2D eigenvalue weighted by Gasteiger charge is 2.14. The quantitative estimate of drug-likeness (QED) is 0.782. The van der Waals surface area contributed by atoms with E-state index in [1.165, 1.54) is 6.07 Å². The molecular formula is C11H8FN3OS. The maximum atomic E-state index is 13.4. The van der Waals surface area contributed by atoms with Gasteiger partial charge in [0.05, 0.1) is 16.9 Å². The first kappa shape index (κ1) is 11.6. The van der Waals surface area contributed by atoms with E-state index in [2.05, 4.69) is 10.2 Å². The predicted octanol–water partition coefficient (Wildman–Crippen LogP) is 2.88. The van der Waals surface area contributed by atoms with E-state index in [9.17, 15) is 4.39 Å². The molecule has 0 aliphatic rings. The first-order chi connectivity index (χ1) is 8.20. The number of nitrogens with zero attached hydrogens (tertiary/aromatic N) is 3. The smallest absolute Gasteiger partial charge is 0.278 e. The van der Waals surface area contributed by atoms with E-state index < -0.39 is 5.82 Å². The molecule has 1 unspecified atom stereocenters. The molecule has 0 saturated heterocycles. The molecule has 6 heteroatoms. The fourth-order valence-corrected chi connectivity index (χ4v) is 1.75. The van der Waals surface area contributed by atoms with Gasteiger partial charge in [-0.25, -0.2) is 4.39 Å². The van der Waals surface area contributed by atoms with Gasteiger partial charge in [-0.05, 0) is 30.8 Å². The molecular weight excluding hydrogens is 241 g/mol. The highest BCUT2D eigenvalue weighted by molar-refractivity contribution is 7.99. The Morgan fingerprint density at radius 2 is 2.18 bits per heavy atom. The van der Waals surface area contributed by atoms with Gasteiger partial charge >= 0.3 is 0 Å². The van der Waals surface area contributed by atoms with E-state index in [0.717, 1.165) is 11.8 Å². The van der Waals surface area contributed by atoms with Crippen LogP contribution >= 0.6 is 11.8 Å². The van der Waals surface area contributed by atoms with Crippen LogP contribution in [0.2, 0.25) is 0 Å². The summed E-state index contributed by atoms with van der Waals surface area (Å²) < 4.78 is 18.7. The maximum Gasteiger partial charge on any atom is 0.278 e. The second-order valence-corrected chi connectivity index (χ2v) is 4.53. The van der Waals surface area contributed by atoms with Crippen LogP contribution < -0.4 is 0 Å². The zero-order valence-corrected chi connectivity index (χ0v) is 9.74. The summed E-state index contributed by atoms with van der Waals surface area (Å²) in [6, 6.07) is 8.19. The lowest BCUT2D eigenvalue weighted by Gasteiger charge is -1.96. The van der Waals surface area contributed by atoms with Crippen LogP contribution in [-0.4, -0.2) is 15.4 Å². The van der Waals surface area contributed by atoms with E-state index in [-0.39, 0.29) is 21.9 Å². The minimum Gasteiger partial charge on any atom is -0.411 e. The normalized spacial score (nSPS) is 12.1. The summed E-state index contributed by atoms with van der Waals surface area (Å²) in [5.74, 6) is -0.295. The van der Waals surface area contributed by atoms with Crippen molar-refractivity contribution in [1.29, 1.82) is 5.26 Å². The highest BCUT2D eigenvalue weighted by Crippen LogP contribution is 2.26. The topological polar surface area (TPSA) is 62.7 Å². The van der Waals surface area contributed by atoms with Crippen molar-refractivity contribution in [3.05, 3.63) is 30.1 Å². The SMILES string of the molecule is CC(C#N)Sc1nnc(-c2ccccc2F)o1. The Morgan fingerprint density at radius 1 is 1.41 bits per heavy atom. The van der Waals surface area contributed by atoms with Gasteiger partial charge in [0.1, 0.15) is 5.82 Å². The number of hydrogen-bond acceptors (Lipinski definition) is 5. The third kappa shape index (κ3) is 2.63. The van der Waals surface area contributed by atoms with Crippen molar-refractivity contribution >= 4 is 11.8 Å². The van der Waals surface area contributed by atoms with Crippen molar-refractivity contribution in [2.45, 2.75) is 17.4 Å². The number of thioether (sulfide) groups is 1. The average Bonchev–Trinajstić information content (AvgIpc) is 2.78. The lowest BCUT2D eigenvalue weighted by molar-refractivity contribution is 0.462. The van der Waals surface area contributed by atoms with Gasteiger partial charge in [0.25, 0.3) is 11.1 Å². The molecule has 17 heavy (non-hydrogen) atoms. The van der Waals surface area contributed by atoms with Crippen molar-refractivity contribution < 1.29 is 8.81 Å². The minimum absolute atomic E-state index is 0.121. The summed E-state index contributed by atoms with van der Waals surface area (Å²) in [7, 11) is 0. The lowest BCUT2D eigenvalue weighted by Crippen LogP contribution is -1.88. The minimum atomic E-state index is -0.416. The van der Waals surface area contributed by atoms with Crippen LogP contribution in [0.3, 0.4) is 0 Å². The molecule has 4 nitrogen and oxygen atoms in total. The molecule has 0 amide bonds. The molecule has 0 spiro atoms. The van der Waals surface area contributed by atoms with Crippen LogP contribution in [0.4, 0.5) is 4.39 Å². The van der Waals surface area contributed by atoms with Crippen LogP contribution in [0, 0.1) is 17.1 Å². The molecule has 0 aliphatic carbocycles. The first-order valence-corrected chi connectivity index (χ1v) is 5.73. The van der Waals surface area contributed by atoms with E-state index in [1.807, 2.05) is 6.07 Å². The molecule has 1 aromatic heterocycles. The van der Waals surface area contributed by atoms with E-state index >= 15 is 0 Å². The molecule has 1 aromatic carbocycles. The van der Waals surface area contributed by atoms with Crippen molar-refractivity contribution in [2.24, 2.45) is 0 Å². The second kappa shape index (κ2) is 4.97. The molecule has 1 atom stereocenters. The van der Waals surface area contributed by atoms with Gasteiger partial charge in [0.15, 0.2) is 0 Å². The number of rotatable bonds is 3. The van der Waals surface area contributed by atoms with Crippen molar-refractivity contribution in [3.63, 3.8) is 0 Å². The summed E-state index contributed by atoms with van der Waals surface area (Å²) in [6.45, 7) is 1.72. The first-order valence-electron chi connectivity index (χ1n) is 4.85. The van der Waals surface area contributed by atoms with Crippen LogP contribution in [0.15, 0.2) is 33.9 Å². The number of aromatic nitrogens is 2. The molecule has 2 rings (SSSR count). The van der Waals surface area contributed by atoms with Crippen molar-refractivity contribution in [1.82, 2.24) is 10.2 Å². The highest BCUT2D eigenvalue weighted by atomic mass is 32.2. The molecule has 0 aliphatic heterocycles. The fourth-order valence-electron chi connectivity index (χ4n) is 1.18. The maximum absolute atomic E-state index is 13.4. The number of hydrogen-bond donors (Lipinski definition) is 0. The molecule has 86 valence electrons. The zero-order valence-electron chi connectivity index (χ0n) is 8.92. The van der Waals surface area contributed by atoms with Gasteiger partial charge in [-0.1, -0.05) is 12.1 Å². The standard InChI is InChI=1S/C11H8FN3OS/c1-7(6-13)17-11-15-14-10(16-11)8-4-2-3-5-9(8)12/h2-5,7H,1H3. The third-order valence-corrected chi connectivity index (χ3v) is 2.80. The van der Waals surface area contributed by atoms with Crippen LogP contribution in [0.25, 0.3) is 11.5 Å². The van der Waals surface area contributed by atoms with Crippen LogP contribution in [0.1, 0.15) is 6.92 Å². The molecule has 0 bridgehead atoms. The summed E-state index contributed by atoms with van der Waals surface area (Å²) in [6.07, 6.45) is 0. The third-order valence-electron chi connectivity index (χ3n) is 1.97. The predicted molar refractivity (Wildman–Crippen MR) is 60.6 cm³/mol. The van der Waals surface area contributed by atoms with Gasteiger partial charge in [0, 0.05) is 0 Å². The zero-order chi connectivity index (χ0) is 12.3. The van der Waals surface area contributed by atoms with Crippen LogP contribution in [0.5, 0.6) is 0 Å². The molecule has 2 aromatic rings. The largest absolute Gasteiger partial charge is 0.411 e. The van der Waals surface area contributed by atoms with Gasteiger partial charge in [-0.2, -0.15) is 5.26 Å². The summed E-state index contributed by atoms with van der Waals surface area (Å²) >= 11 is 1.14. The summed E-state index contributed by atoms with van der Waals surface area (Å²) in [4.78, 5) is 0. The summed E-state index contributed by atoms with van der Waals surface area (Å²) in [5.41, 5.74) is 0.261. The molecule has 1 heterocycles. The molecule has 0 radical (unpaired) electrons. The Balaban J connectivity index is 2.25. The lowest BCUT2D eigenvalue weighted by atomic mass is 10.2. The molecule has 0 N–H and O–H groups in total. The Morgan fingerprint density at radius 3 is 2.88 bits per heavy atom. The number of nitriles is 1. The monoisotopic (exact) mass is 249 g/mol. The number of benzene rings is 1. The van der Waals surface area contributed by atoms with Crippen LogP contribution in [-0.2, 0) is 0 Å². The van der Waals surface area contributed by atoms with Gasteiger partial charge < -0.3 is 4.42 Å². The Labute approximate surface area is 101 Å². The Kier molecular flexibility index (Phi) is 3.40. The van der Waals surface area contributed by atoms with Gasteiger partial charge in [-0.3, -0.25) is 0 Å². The van der Waals surface area contributed by atoms with Crippen molar-refractivity contribution in [2.75, 3.05) is 0 Å². The van der Waals surface area contributed by atoms with Gasteiger partial charge in [0.2, 0.25) is 0 Å². The fraction of sp³-hybridized carbons (Fsp3) is 0.182. The Bertz CT molecular complexity index is 564. The second-order valence-electron chi connectivity index (χ2n) is 3.24. The van der Waals surface area contributed by atoms with Gasteiger partial charge in [-0.15, -0.1) is 10.2 Å². The van der Waals surface area contributed by atoms with Crippen molar-refractivity contribution in [3.8, 4) is 17.5 Å². The summed E-state index contributed by atoms with van der Waals surface area (Å²) in [5, 5.41) is 16.1. The molecule has 0 fully saturated rings. The van der Waals surface area contributed by atoms with E-state index in [4.69, 9.17) is 9.68 Å². The molecule has 0 saturated carbocycles. The van der Waals surface area contributed by atoms with E-state index in [0.29, 0.717) is 0 Å². The number of halogens is 1.